The minimum atomic E-state index is -0.218. The Kier molecular flexibility index (Phi) is 5.55. The van der Waals surface area contributed by atoms with E-state index in [9.17, 15) is 0 Å². The molecule has 0 aliphatic carbocycles. The van der Waals surface area contributed by atoms with Crippen LogP contribution >= 0.6 is 0 Å². The summed E-state index contributed by atoms with van der Waals surface area (Å²) in [6.07, 6.45) is 0.538. The highest BCUT2D eigenvalue weighted by Gasteiger charge is 2.39. The molecule has 0 bridgehead atoms. The van der Waals surface area contributed by atoms with E-state index in [2.05, 4.69) is 25.7 Å². The molecule has 0 spiro atoms. The van der Waals surface area contributed by atoms with Gasteiger partial charge in [-0.1, -0.05) is 0 Å². The van der Waals surface area contributed by atoms with Gasteiger partial charge in [-0.2, -0.15) is 0 Å². The van der Waals surface area contributed by atoms with Gasteiger partial charge in [-0.3, -0.25) is 4.90 Å². The van der Waals surface area contributed by atoms with Gasteiger partial charge >= 0.3 is 0 Å². The summed E-state index contributed by atoms with van der Waals surface area (Å²) in [4.78, 5) is 2.39. The Balaban J connectivity index is 2.73. The Morgan fingerprint density at radius 3 is 2.44 bits per heavy atom. The van der Waals surface area contributed by atoms with Crippen molar-refractivity contribution in [1.29, 1.82) is 0 Å². The zero-order chi connectivity index (χ0) is 13.8. The fourth-order valence-electron chi connectivity index (χ4n) is 2.44. The van der Waals surface area contributed by atoms with Gasteiger partial charge in [0.1, 0.15) is 0 Å². The van der Waals surface area contributed by atoms with E-state index < -0.39 is 0 Å². The molecule has 0 aromatic carbocycles. The fraction of sp³-hybridized carbons (Fsp3) is 1.00. The summed E-state index contributed by atoms with van der Waals surface area (Å²) in [5.41, 5.74) is 5.74. The molecule has 108 valence electrons. The molecule has 1 aliphatic heterocycles. The van der Waals surface area contributed by atoms with Crippen molar-refractivity contribution >= 4 is 0 Å². The Morgan fingerprint density at radius 2 is 2.00 bits per heavy atom. The van der Waals surface area contributed by atoms with Gasteiger partial charge in [0.2, 0.25) is 0 Å². The fourth-order valence-corrected chi connectivity index (χ4v) is 2.44. The molecule has 18 heavy (non-hydrogen) atoms. The molecule has 2 N–H and O–H groups in total. The molecule has 1 unspecified atom stereocenters. The summed E-state index contributed by atoms with van der Waals surface area (Å²) in [5, 5.41) is 0. The molecule has 0 aromatic rings. The summed E-state index contributed by atoms with van der Waals surface area (Å²) in [5.74, 6) is 0. The van der Waals surface area contributed by atoms with E-state index in [0.717, 1.165) is 26.1 Å². The largest absolute Gasteiger partial charge is 0.373 e. The smallest absolute Gasteiger partial charge is 0.158 e. The van der Waals surface area contributed by atoms with Gasteiger partial charge in [-0.15, -0.1) is 0 Å². The number of nitrogens with zero attached hydrogens (tertiary/aromatic N) is 1. The van der Waals surface area contributed by atoms with Crippen molar-refractivity contribution in [2.45, 2.75) is 44.6 Å². The van der Waals surface area contributed by atoms with Crippen LogP contribution in [0.1, 0.15) is 27.2 Å². The van der Waals surface area contributed by atoms with Crippen LogP contribution < -0.4 is 5.73 Å². The molecule has 1 aliphatic rings. The van der Waals surface area contributed by atoms with Gasteiger partial charge < -0.3 is 19.9 Å². The van der Waals surface area contributed by atoms with Crippen LogP contribution in [0.3, 0.4) is 0 Å². The molecule has 1 heterocycles. The van der Waals surface area contributed by atoms with Crippen molar-refractivity contribution in [3.63, 3.8) is 0 Å². The SMILES string of the molecule is COC(CC(C)(CN)N1CCOC(C)(C)C1)OC. The van der Waals surface area contributed by atoms with Crippen molar-refractivity contribution in [2.24, 2.45) is 5.73 Å². The summed E-state index contributed by atoms with van der Waals surface area (Å²) in [7, 11) is 3.32. The van der Waals surface area contributed by atoms with E-state index in [4.69, 9.17) is 19.9 Å². The normalized spacial score (nSPS) is 24.2. The molecule has 1 saturated heterocycles. The van der Waals surface area contributed by atoms with Gasteiger partial charge in [-0.25, -0.2) is 0 Å². The highest BCUT2D eigenvalue weighted by Crippen LogP contribution is 2.27. The van der Waals surface area contributed by atoms with Crippen molar-refractivity contribution in [3.05, 3.63) is 0 Å². The molecule has 5 heteroatoms. The first-order valence-electron chi connectivity index (χ1n) is 6.51. The monoisotopic (exact) mass is 260 g/mol. The first kappa shape index (κ1) is 15.9. The number of rotatable bonds is 6. The number of methoxy groups -OCH3 is 2. The molecule has 1 rings (SSSR count). The highest BCUT2D eigenvalue weighted by molar-refractivity contribution is 4.93. The van der Waals surface area contributed by atoms with Gasteiger partial charge in [0.15, 0.2) is 6.29 Å². The average Bonchev–Trinajstić information content (AvgIpc) is 2.34. The van der Waals surface area contributed by atoms with Crippen LogP contribution in [0.15, 0.2) is 0 Å². The number of hydrogen-bond acceptors (Lipinski definition) is 5. The summed E-state index contributed by atoms with van der Waals surface area (Å²) in [6, 6.07) is 0. The van der Waals surface area contributed by atoms with E-state index in [1.165, 1.54) is 0 Å². The molecule has 5 nitrogen and oxygen atoms in total. The zero-order valence-corrected chi connectivity index (χ0v) is 12.4. The summed E-state index contributed by atoms with van der Waals surface area (Å²) < 4.78 is 16.4. The zero-order valence-electron chi connectivity index (χ0n) is 12.4. The Bertz CT molecular complexity index is 257. The van der Waals surface area contributed by atoms with Gasteiger partial charge in [0.05, 0.1) is 12.2 Å². The van der Waals surface area contributed by atoms with Crippen LogP contribution in [0, 0.1) is 0 Å². The van der Waals surface area contributed by atoms with Crippen LogP contribution in [-0.4, -0.2) is 62.8 Å². The van der Waals surface area contributed by atoms with Crippen LogP contribution in [0.25, 0.3) is 0 Å². The van der Waals surface area contributed by atoms with Crippen LogP contribution in [-0.2, 0) is 14.2 Å². The lowest BCUT2D eigenvalue weighted by atomic mass is 9.92. The number of hydrogen-bond donors (Lipinski definition) is 1. The van der Waals surface area contributed by atoms with Crippen LogP contribution in [0.4, 0.5) is 0 Å². The predicted molar refractivity (Wildman–Crippen MR) is 71.5 cm³/mol. The molecular weight excluding hydrogens is 232 g/mol. The van der Waals surface area contributed by atoms with Crippen molar-refractivity contribution in [1.82, 2.24) is 4.90 Å². The second kappa shape index (κ2) is 6.30. The first-order valence-corrected chi connectivity index (χ1v) is 6.51. The molecule has 0 aromatic heterocycles. The van der Waals surface area contributed by atoms with Crippen molar-refractivity contribution in [3.8, 4) is 0 Å². The standard InChI is InChI=1S/C13H28N2O3/c1-12(2)10-15(6-7-18-12)13(3,9-14)8-11(16-4)17-5/h11H,6-10,14H2,1-5H3. The lowest BCUT2D eigenvalue weighted by Crippen LogP contribution is -2.61. The van der Waals surface area contributed by atoms with Gasteiger partial charge in [0, 0.05) is 45.8 Å². The molecule has 1 atom stereocenters. The maximum absolute atomic E-state index is 5.99. The Morgan fingerprint density at radius 1 is 1.39 bits per heavy atom. The summed E-state index contributed by atoms with van der Waals surface area (Å²) >= 11 is 0. The van der Waals surface area contributed by atoms with E-state index in [1.54, 1.807) is 14.2 Å². The van der Waals surface area contributed by atoms with E-state index >= 15 is 0 Å². The van der Waals surface area contributed by atoms with Crippen molar-refractivity contribution in [2.75, 3.05) is 40.5 Å². The third-order valence-electron chi connectivity index (χ3n) is 3.76. The van der Waals surface area contributed by atoms with Gasteiger partial charge in [0.25, 0.3) is 0 Å². The van der Waals surface area contributed by atoms with E-state index in [-0.39, 0.29) is 17.4 Å². The number of ether oxygens (including phenoxy) is 3. The number of nitrogens with two attached hydrogens (primary N) is 1. The Labute approximate surface area is 111 Å². The molecule has 0 amide bonds. The molecule has 1 fully saturated rings. The number of morpholine rings is 1. The quantitative estimate of drug-likeness (QED) is 0.717. The lowest BCUT2D eigenvalue weighted by molar-refractivity contribution is -0.153. The third-order valence-corrected chi connectivity index (χ3v) is 3.76. The second-order valence-corrected chi connectivity index (χ2v) is 5.84. The summed E-state index contributed by atoms with van der Waals surface area (Å²) in [6.45, 7) is 9.48. The van der Waals surface area contributed by atoms with Crippen molar-refractivity contribution < 1.29 is 14.2 Å². The lowest BCUT2D eigenvalue weighted by Gasteiger charge is -2.48. The Hall–Kier alpha value is -0.200. The minimum absolute atomic E-state index is 0.121. The highest BCUT2D eigenvalue weighted by atomic mass is 16.7. The van der Waals surface area contributed by atoms with Crippen LogP contribution in [0.5, 0.6) is 0 Å². The molecule has 0 radical (unpaired) electrons. The van der Waals surface area contributed by atoms with Gasteiger partial charge in [-0.05, 0) is 20.8 Å². The average molecular weight is 260 g/mol. The second-order valence-electron chi connectivity index (χ2n) is 5.84. The molecule has 0 saturated carbocycles. The predicted octanol–water partition coefficient (Wildman–Crippen LogP) is 0.824. The minimum Gasteiger partial charge on any atom is -0.373 e. The van der Waals surface area contributed by atoms with Crippen LogP contribution in [0.2, 0.25) is 0 Å². The maximum atomic E-state index is 5.99. The maximum Gasteiger partial charge on any atom is 0.158 e. The van der Waals surface area contributed by atoms with E-state index in [1.807, 2.05) is 0 Å². The van der Waals surface area contributed by atoms with E-state index in [0.29, 0.717) is 6.54 Å². The topological polar surface area (TPSA) is 57.0 Å². The molecular formula is C13H28N2O3. The third kappa shape index (κ3) is 3.90. The first-order chi connectivity index (χ1) is 8.37.